The highest BCUT2D eigenvalue weighted by atomic mass is 16.6. The average Bonchev–Trinajstić information content (AvgIpc) is 3.03. The van der Waals surface area contributed by atoms with Gasteiger partial charge in [-0.1, -0.05) is 31.2 Å². The second-order valence-electron chi connectivity index (χ2n) is 9.91. The van der Waals surface area contributed by atoms with Crippen molar-refractivity contribution >= 4 is 11.9 Å². The summed E-state index contributed by atoms with van der Waals surface area (Å²) in [6.45, 7) is 3.62. The van der Waals surface area contributed by atoms with Crippen molar-refractivity contribution in [3.63, 3.8) is 0 Å². The van der Waals surface area contributed by atoms with E-state index >= 15 is 0 Å². The van der Waals surface area contributed by atoms with Gasteiger partial charge in [-0.2, -0.15) is 0 Å². The molecule has 3 aliphatic carbocycles. The first kappa shape index (κ1) is 21.2. The number of carbonyl (C=O) groups excluding carboxylic acids is 2. The highest BCUT2D eigenvalue weighted by molar-refractivity contribution is 5.89. The van der Waals surface area contributed by atoms with Crippen LogP contribution in [0.1, 0.15) is 66.9 Å². The molecule has 6 atom stereocenters. The molecule has 0 unspecified atom stereocenters. The van der Waals surface area contributed by atoms with Crippen LogP contribution in [0.5, 0.6) is 5.75 Å². The Morgan fingerprint density at radius 1 is 1.09 bits per heavy atom. The molecular formula is C27H30O5. The molecule has 32 heavy (non-hydrogen) atoms. The highest BCUT2D eigenvalue weighted by Gasteiger charge is 2.59. The number of carbonyl (C=O) groups is 2. The molecular weight excluding hydrogens is 404 g/mol. The summed E-state index contributed by atoms with van der Waals surface area (Å²) in [4.78, 5) is 24.1. The number of benzene rings is 2. The first-order valence-electron chi connectivity index (χ1n) is 11.6. The monoisotopic (exact) mass is 434 g/mol. The summed E-state index contributed by atoms with van der Waals surface area (Å²) in [6.07, 6.45) is 3.44. The summed E-state index contributed by atoms with van der Waals surface area (Å²) in [5, 5.41) is 11.0. The van der Waals surface area contributed by atoms with Gasteiger partial charge in [0.25, 0.3) is 0 Å². The van der Waals surface area contributed by atoms with E-state index in [-0.39, 0.29) is 17.4 Å². The number of rotatable bonds is 3. The molecule has 0 saturated heterocycles. The van der Waals surface area contributed by atoms with Crippen molar-refractivity contribution < 1.29 is 24.2 Å². The van der Waals surface area contributed by atoms with Crippen LogP contribution in [0.25, 0.3) is 0 Å². The van der Waals surface area contributed by atoms with Gasteiger partial charge >= 0.3 is 11.9 Å². The van der Waals surface area contributed by atoms with Crippen molar-refractivity contribution in [1.82, 2.24) is 0 Å². The first-order valence-corrected chi connectivity index (χ1v) is 11.6. The van der Waals surface area contributed by atoms with Gasteiger partial charge < -0.3 is 14.6 Å². The summed E-state index contributed by atoms with van der Waals surface area (Å²) in [5.41, 5.74) is 2.91. The largest absolute Gasteiger partial charge is 0.455 e. The molecule has 2 fully saturated rings. The lowest BCUT2D eigenvalue weighted by molar-refractivity contribution is -0.131. The molecule has 3 aliphatic rings. The van der Waals surface area contributed by atoms with Gasteiger partial charge in [0.2, 0.25) is 0 Å². The molecule has 0 amide bonds. The molecule has 0 bridgehead atoms. The minimum atomic E-state index is -0.635. The standard InChI is InChI=1S/C27H30O5/c1-16(28)31-19-9-11-20-18(14-19)8-10-22-21(20)12-13-27(2)23(22)15-24(29)25(27)32-26(30)17-6-4-3-5-7-17/h3-7,9,11,14,21-25,29H,8,10,12-13,15H2,1-2H3/t21-,22-,23+,24-,25+,27+/m1/s1. The molecule has 2 aromatic rings. The van der Waals surface area contributed by atoms with E-state index in [1.165, 1.54) is 18.1 Å². The minimum Gasteiger partial charge on any atom is -0.455 e. The van der Waals surface area contributed by atoms with E-state index in [0.717, 1.165) is 25.7 Å². The maximum absolute atomic E-state index is 12.7. The van der Waals surface area contributed by atoms with E-state index in [1.54, 1.807) is 12.1 Å². The molecule has 2 saturated carbocycles. The fourth-order valence-electron chi connectivity index (χ4n) is 6.73. The molecule has 2 aromatic carbocycles. The zero-order chi connectivity index (χ0) is 22.5. The van der Waals surface area contributed by atoms with Crippen molar-refractivity contribution in [3.05, 3.63) is 65.2 Å². The topological polar surface area (TPSA) is 72.8 Å². The number of aliphatic hydroxyl groups is 1. The maximum Gasteiger partial charge on any atom is 0.338 e. The van der Waals surface area contributed by atoms with E-state index in [4.69, 9.17) is 9.47 Å². The number of ether oxygens (including phenoxy) is 2. The Bertz CT molecular complexity index is 1030. The van der Waals surface area contributed by atoms with Crippen LogP contribution < -0.4 is 4.74 Å². The van der Waals surface area contributed by atoms with Crippen molar-refractivity contribution in [2.75, 3.05) is 0 Å². The number of aryl methyl sites for hydroxylation is 1. The van der Waals surface area contributed by atoms with Crippen molar-refractivity contribution in [1.29, 1.82) is 0 Å². The number of fused-ring (bicyclic) bond motifs is 5. The molecule has 1 N–H and O–H groups in total. The predicted molar refractivity (Wildman–Crippen MR) is 119 cm³/mol. The highest BCUT2D eigenvalue weighted by Crippen LogP contribution is 2.61. The molecule has 5 rings (SSSR count). The lowest BCUT2D eigenvalue weighted by atomic mass is 9.55. The number of hydrogen-bond donors (Lipinski definition) is 1. The summed E-state index contributed by atoms with van der Waals surface area (Å²) in [7, 11) is 0. The Morgan fingerprint density at radius 2 is 1.88 bits per heavy atom. The maximum atomic E-state index is 12.7. The lowest BCUT2D eigenvalue weighted by Crippen LogP contribution is -2.46. The molecule has 168 valence electrons. The van der Waals surface area contributed by atoms with Crippen LogP contribution in [0.4, 0.5) is 0 Å². The summed E-state index contributed by atoms with van der Waals surface area (Å²) in [5.74, 6) is 1.15. The fourth-order valence-corrected chi connectivity index (χ4v) is 6.73. The van der Waals surface area contributed by atoms with Crippen molar-refractivity contribution in [2.45, 2.75) is 64.1 Å². The van der Waals surface area contributed by atoms with Gasteiger partial charge in [-0.3, -0.25) is 4.79 Å². The van der Waals surface area contributed by atoms with Crippen LogP contribution in [-0.2, 0) is 16.0 Å². The SMILES string of the molecule is CC(=O)Oc1ccc2c(c1)CC[C@@H]1[C@@H]2CC[C@@]2(C)[C@H]1C[C@@H](O)[C@@H]2OC(=O)c1ccccc1. The zero-order valence-electron chi connectivity index (χ0n) is 18.6. The van der Waals surface area contributed by atoms with Crippen LogP contribution in [0.15, 0.2) is 48.5 Å². The molecule has 0 aromatic heterocycles. The normalized spacial score (nSPS) is 32.9. The fraction of sp³-hybridized carbons (Fsp3) is 0.481. The number of hydrogen-bond acceptors (Lipinski definition) is 5. The van der Waals surface area contributed by atoms with Crippen LogP contribution in [-0.4, -0.2) is 29.3 Å². The van der Waals surface area contributed by atoms with E-state index in [2.05, 4.69) is 13.0 Å². The molecule has 0 heterocycles. The van der Waals surface area contributed by atoms with Gasteiger partial charge in [0.1, 0.15) is 11.9 Å². The molecule has 0 radical (unpaired) electrons. The quantitative estimate of drug-likeness (QED) is 0.562. The first-order chi connectivity index (χ1) is 15.4. The van der Waals surface area contributed by atoms with Gasteiger partial charge in [0, 0.05) is 12.3 Å². The van der Waals surface area contributed by atoms with Crippen molar-refractivity contribution in [2.24, 2.45) is 17.3 Å². The van der Waals surface area contributed by atoms with E-state index < -0.39 is 12.2 Å². The van der Waals surface area contributed by atoms with E-state index in [9.17, 15) is 14.7 Å². The Balaban J connectivity index is 1.37. The summed E-state index contributed by atoms with van der Waals surface area (Å²) >= 11 is 0. The summed E-state index contributed by atoms with van der Waals surface area (Å²) < 4.78 is 11.2. The summed E-state index contributed by atoms with van der Waals surface area (Å²) in [6, 6.07) is 15.0. The second-order valence-corrected chi connectivity index (χ2v) is 9.91. The third kappa shape index (κ3) is 3.53. The third-order valence-corrected chi connectivity index (χ3v) is 8.14. The van der Waals surface area contributed by atoms with Gasteiger partial charge in [-0.05, 0) is 85.3 Å². The van der Waals surface area contributed by atoms with Gasteiger partial charge in [-0.15, -0.1) is 0 Å². The second kappa shape index (κ2) is 8.04. The lowest BCUT2D eigenvalue weighted by Gasteiger charge is -2.50. The van der Waals surface area contributed by atoms with E-state index in [0.29, 0.717) is 35.5 Å². The third-order valence-electron chi connectivity index (χ3n) is 8.14. The molecule has 0 aliphatic heterocycles. The van der Waals surface area contributed by atoms with Crippen molar-refractivity contribution in [3.8, 4) is 5.75 Å². The smallest absolute Gasteiger partial charge is 0.338 e. The van der Waals surface area contributed by atoms with Gasteiger partial charge in [-0.25, -0.2) is 4.79 Å². The van der Waals surface area contributed by atoms with Gasteiger partial charge in [0.15, 0.2) is 0 Å². The Labute approximate surface area is 188 Å². The average molecular weight is 435 g/mol. The Morgan fingerprint density at radius 3 is 2.62 bits per heavy atom. The predicted octanol–water partition coefficient (Wildman–Crippen LogP) is 4.66. The van der Waals surface area contributed by atoms with Gasteiger partial charge in [0.05, 0.1) is 11.7 Å². The number of esters is 2. The Hall–Kier alpha value is -2.66. The molecule has 0 spiro atoms. The van der Waals surface area contributed by atoms with Crippen LogP contribution in [0.3, 0.4) is 0 Å². The Kier molecular flexibility index (Phi) is 5.32. The minimum absolute atomic E-state index is 0.222. The van der Waals surface area contributed by atoms with Crippen LogP contribution in [0, 0.1) is 17.3 Å². The molecule has 5 nitrogen and oxygen atoms in total. The molecule has 5 heteroatoms. The zero-order valence-corrected chi connectivity index (χ0v) is 18.6. The number of aliphatic hydroxyl groups excluding tert-OH is 1. The van der Waals surface area contributed by atoms with Crippen LogP contribution in [0.2, 0.25) is 0 Å². The van der Waals surface area contributed by atoms with Crippen LogP contribution >= 0.6 is 0 Å². The van der Waals surface area contributed by atoms with E-state index in [1.807, 2.05) is 30.3 Å².